The molecular weight excluding hydrogens is 294 g/mol. The summed E-state index contributed by atoms with van der Waals surface area (Å²) in [5.74, 6) is 1.51. The molecule has 2 aromatic heterocycles. The molecule has 1 aromatic carbocycles. The van der Waals surface area contributed by atoms with Crippen LogP contribution in [0.5, 0.6) is 11.5 Å². The van der Waals surface area contributed by atoms with Crippen molar-refractivity contribution in [1.82, 2.24) is 19.7 Å². The van der Waals surface area contributed by atoms with Gasteiger partial charge in [0.1, 0.15) is 5.82 Å². The Morgan fingerprint density at radius 3 is 2.62 bits per heavy atom. The van der Waals surface area contributed by atoms with E-state index in [1.165, 1.54) is 0 Å². The van der Waals surface area contributed by atoms with Crippen molar-refractivity contribution < 1.29 is 9.47 Å². The molecule has 7 nitrogen and oxygen atoms in total. The molecule has 0 unspecified atom stereocenters. The topological polar surface area (TPSA) is 88.1 Å². The van der Waals surface area contributed by atoms with Gasteiger partial charge in [0.2, 0.25) is 5.28 Å². The van der Waals surface area contributed by atoms with Crippen LogP contribution in [0.2, 0.25) is 5.28 Å². The smallest absolute Gasteiger partial charge is 0.226 e. The molecule has 0 aliphatic heterocycles. The average Bonchev–Trinajstić information content (AvgIpc) is 2.90. The molecule has 21 heavy (non-hydrogen) atoms. The van der Waals surface area contributed by atoms with Gasteiger partial charge in [0, 0.05) is 6.07 Å². The highest BCUT2D eigenvalue weighted by Gasteiger charge is 2.13. The fraction of sp³-hybridized carbons (Fsp3) is 0.154. The lowest BCUT2D eigenvalue weighted by Gasteiger charge is -2.10. The van der Waals surface area contributed by atoms with Crippen molar-refractivity contribution >= 4 is 28.5 Å². The maximum atomic E-state index is 5.86. The van der Waals surface area contributed by atoms with Crippen LogP contribution in [0.1, 0.15) is 0 Å². The van der Waals surface area contributed by atoms with Gasteiger partial charge in [-0.1, -0.05) is 0 Å². The van der Waals surface area contributed by atoms with Crippen molar-refractivity contribution in [3.63, 3.8) is 0 Å². The van der Waals surface area contributed by atoms with E-state index >= 15 is 0 Å². The minimum Gasteiger partial charge on any atom is -0.493 e. The van der Waals surface area contributed by atoms with Gasteiger partial charge in [0.15, 0.2) is 17.1 Å². The Hall–Kier alpha value is -2.54. The van der Waals surface area contributed by atoms with E-state index in [0.29, 0.717) is 22.5 Å². The zero-order valence-corrected chi connectivity index (χ0v) is 12.1. The van der Waals surface area contributed by atoms with Gasteiger partial charge in [-0.25, -0.2) is 9.67 Å². The first-order chi connectivity index (χ1) is 10.1. The Bertz CT molecular complexity index is 818. The molecule has 0 bridgehead atoms. The molecule has 8 heteroatoms. The fourth-order valence-electron chi connectivity index (χ4n) is 2.05. The second-order valence-corrected chi connectivity index (χ2v) is 4.55. The average molecular weight is 306 g/mol. The third-order valence-corrected chi connectivity index (χ3v) is 3.21. The lowest BCUT2D eigenvalue weighted by molar-refractivity contribution is 0.355. The molecule has 3 aromatic rings. The third kappa shape index (κ3) is 2.21. The maximum Gasteiger partial charge on any atom is 0.226 e. The van der Waals surface area contributed by atoms with E-state index in [1.54, 1.807) is 37.2 Å². The first-order valence-electron chi connectivity index (χ1n) is 6.03. The Balaban J connectivity index is 2.21. The molecule has 0 aliphatic carbocycles. The molecule has 0 amide bonds. The van der Waals surface area contributed by atoms with E-state index in [-0.39, 0.29) is 11.1 Å². The van der Waals surface area contributed by atoms with Crippen LogP contribution in [0.25, 0.3) is 16.7 Å². The number of aromatic nitrogens is 4. The number of benzene rings is 1. The molecule has 0 spiro atoms. The molecule has 2 heterocycles. The number of nitrogens with two attached hydrogens (primary N) is 1. The first-order valence-corrected chi connectivity index (χ1v) is 6.41. The summed E-state index contributed by atoms with van der Waals surface area (Å²) >= 11 is 5.86. The zero-order chi connectivity index (χ0) is 15.0. The zero-order valence-electron chi connectivity index (χ0n) is 11.4. The Morgan fingerprint density at radius 1 is 1.14 bits per heavy atom. The Morgan fingerprint density at radius 2 is 1.90 bits per heavy atom. The summed E-state index contributed by atoms with van der Waals surface area (Å²) in [6.45, 7) is 0. The summed E-state index contributed by atoms with van der Waals surface area (Å²) in [5.41, 5.74) is 7.09. The van der Waals surface area contributed by atoms with Crippen LogP contribution in [0.15, 0.2) is 24.4 Å². The molecule has 0 fully saturated rings. The lowest BCUT2D eigenvalue weighted by Crippen LogP contribution is -2.01. The monoisotopic (exact) mass is 305 g/mol. The minimum atomic E-state index is 0.0715. The Kier molecular flexibility index (Phi) is 3.26. The Labute approximate surface area is 125 Å². The molecule has 108 valence electrons. The standard InChI is InChI=1S/C13H12ClN5O2/c1-20-9-4-3-7(5-10(9)21-2)19-12-8(6-16-19)11(15)17-13(14)18-12/h3-6H,1-2H3,(H2,15,17,18). The third-order valence-electron chi connectivity index (χ3n) is 3.04. The molecule has 0 atom stereocenters. The normalized spacial score (nSPS) is 10.8. The summed E-state index contributed by atoms with van der Waals surface area (Å²) in [6, 6.07) is 5.41. The number of ether oxygens (including phenoxy) is 2. The van der Waals surface area contributed by atoms with Crippen LogP contribution in [0, 0.1) is 0 Å². The van der Waals surface area contributed by atoms with E-state index in [2.05, 4.69) is 15.1 Å². The number of nitrogens with zero attached hydrogens (tertiary/aromatic N) is 4. The molecule has 0 saturated carbocycles. The van der Waals surface area contributed by atoms with Crippen LogP contribution in [0.3, 0.4) is 0 Å². The number of hydrogen-bond acceptors (Lipinski definition) is 6. The number of halogens is 1. The van der Waals surface area contributed by atoms with Gasteiger partial charge in [-0.05, 0) is 23.7 Å². The summed E-state index contributed by atoms with van der Waals surface area (Å²) in [4.78, 5) is 8.08. The highest BCUT2D eigenvalue weighted by atomic mass is 35.5. The summed E-state index contributed by atoms with van der Waals surface area (Å²) in [7, 11) is 3.15. The van der Waals surface area contributed by atoms with Gasteiger partial charge >= 0.3 is 0 Å². The van der Waals surface area contributed by atoms with Crippen LogP contribution < -0.4 is 15.2 Å². The summed E-state index contributed by atoms with van der Waals surface area (Å²) in [6.07, 6.45) is 1.59. The number of anilines is 1. The number of methoxy groups -OCH3 is 2. The number of fused-ring (bicyclic) bond motifs is 1. The quantitative estimate of drug-likeness (QED) is 0.745. The van der Waals surface area contributed by atoms with E-state index in [9.17, 15) is 0 Å². The number of nitrogen functional groups attached to an aromatic ring is 1. The fourth-order valence-corrected chi connectivity index (χ4v) is 2.22. The van der Waals surface area contributed by atoms with Crippen LogP contribution >= 0.6 is 11.6 Å². The van der Waals surface area contributed by atoms with Crippen molar-refractivity contribution in [2.24, 2.45) is 0 Å². The van der Waals surface area contributed by atoms with Crippen molar-refractivity contribution in [3.05, 3.63) is 29.7 Å². The van der Waals surface area contributed by atoms with Crippen molar-refractivity contribution in [2.45, 2.75) is 0 Å². The molecular formula is C13H12ClN5O2. The van der Waals surface area contributed by atoms with Gasteiger partial charge in [0.25, 0.3) is 0 Å². The number of rotatable bonds is 3. The highest BCUT2D eigenvalue weighted by molar-refractivity contribution is 6.28. The van der Waals surface area contributed by atoms with Gasteiger partial charge in [-0.15, -0.1) is 0 Å². The second-order valence-electron chi connectivity index (χ2n) is 4.21. The molecule has 0 aliphatic rings. The molecule has 0 radical (unpaired) electrons. The van der Waals surface area contributed by atoms with Gasteiger partial charge in [-0.3, -0.25) is 0 Å². The summed E-state index contributed by atoms with van der Waals surface area (Å²) < 4.78 is 12.1. The minimum absolute atomic E-state index is 0.0715. The van der Waals surface area contributed by atoms with Gasteiger partial charge in [-0.2, -0.15) is 10.1 Å². The second kappa shape index (κ2) is 5.10. The lowest BCUT2D eigenvalue weighted by atomic mass is 10.2. The number of hydrogen-bond donors (Lipinski definition) is 1. The van der Waals surface area contributed by atoms with E-state index < -0.39 is 0 Å². The van der Waals surface area contributed by atoms with E-state index in [1.807, 2.05) is 6.07 Å². The van der Waals surface area contributed by atoms with Crippen LogP contribution in [-0.4, -0.2) is 34.0 Å². The van der Waals surface area contributed by atoms with Gasteiger partial charge < -0.3 is 15.2 Å². The van der Waals surface area contributed by atoms with Crippen LogP contribution in [0.4, 0.5) is 5.82 Å². The van der Waals surface area contributed by atoms with Crippen molar-refractivity contribution in [3.8, 4) is 17.2 Å². The molecule has 3 rings (SSSR count). The van der Waals surface area contributed by atoms with E-state index in [4.69, 9.17) is 26.8 Å². The highest BCUT2D eigenvalue weighted by Crippen LogP contribution is 2.30. The van der Waals surface area contributed by atoms with E-state index in [0.717, 1.165) is 5.69 Å². The SMILES string of the molecule is COc1ccc(-n2ncc3c(N)nc(Cl)nc32)cc1OC. The molecule has 0 saturated heterocycles. The first kappa shape index (κ1) is 13.4. The predicted octanol–water partition coefficient (Wildman–Crippen LogP) is 2.07. The van der Waals surface area contributed by atoms with Crippen molar-refractivity contribution in [2.75, 3.05) is 20.0 Å². The van der Waals surface area contributed by atoms with Crippen molar-refractivity contribution in [1.29, 1.82) is 0 Å². The largest absolute Gasteiger partial charge is 0.493 e. The van der Waals surface area contributed by atoms with Crippen LogP contribution in [-0.2, 0) is 0 Å². The summed E-state index contributed by atoms with van der Waals surface area (Å²) in [5, 5.41) is 4.98. The maximum absolute atomic E-state index is 5.86. The van der Waals surface area contributed by atoms with Gasteiger partial charge in [0.05, 0.1) is 31.5 Å². The predicted molar refractivity (Wildman–Crippen MR) is 79.2 cm³/mol. The molecule has 2 N–H and O–H groups in total.